The van der Waals surface area contributed by atoms with E-state index in [0.717, 1.165) is 40.7 Å². The smallest absolute Gasteiger partial charge is 0.174 e. The fourth-order valence-electron chi connectivity index (χ4n) is 2.69. The minimum atomic E-state index is 0.747. The summed E-state index contributed by atoms with van der Waals surface area (Å²) >= 11 is 7.50. The molecule has 2 aromatic carbocycles. The molecule has 0 unspecified atom stereocenters. The third kappa shape index (κ3) is 4.84. The van der Waals surface area contributed by atoms with Crippen molar-refractivity contribution in [2.24, 2.45) is 0 Å². The number of methoxy groups -OCH3 is 2. The van der Waals surface area contributed by atoms with Gasteiger partial charge >= 0.3 is 0 Å². The molecule has 0 aliphatic carbocycles. The molecule has 4 heteroatoms. The Morgan fingerprint density at radius 3 is 2.33 bits per heavy atom. The summed E-state index contributed by atoms with van der Waals surface area (Å²) in [5.41, 5.74) is 2.45. The van der Waals surface area contributed by atoms with Crippen molar-refractivity contribution in [1.82, 2.24) is 0 Å². The standard InChI is InChI=1S/C20H25ClO2S/c1-15-12-13-18(20(23-3)19(15)22-2)24-17-11-7-6-10-16(17)9-5-4-8-14-21/h6-7,10-13H,4-5,8-9,14H2,1-3H3. The Morgan fingerprint density at radius 1 is 0.875 bits per heavy atom. The Kier molecular flexibility index (Phi) is 7.80. The summed E-state index contributed by atoms with van der Waals surface area (Å²) in [4.78, 5) is 2.35. The maximum atomic E-state index is 5.77. The van der Waals surface area contributed by atoms with Crippen LogP contribution in [0.2, 0.25) is 0 Å². The summed E-state index contributed by atoms with van der Waals surface area (Å²) in [6, 6.07) is 12.8. The van der Waals surface area contributed by atoms with Crippen molar-refractivity contribution in [2.75, 3.05) is 20.1 Å². The number of alkyl halides is 1. The number of halogens is 1. The van der Waals surface area contributed by atoms with Crippen LogP contribution in [0, 0.1) is 6.92 Å². The lowest BCUT2D eigenvalue weighted by Crippen LogP contribution is -1.96. The normalized spacial score (nSPS) is 10.7. The summed E-state index contributed by atoms with van der Waals surface area (Å²) in [5, 5.41) is 0. The van der Waals surface area contributed by atoms with Gasteiger partial charge in [-0.05, 0) is 49.4 Å². The van der Waals surface area contributed by atoms with E-state index >= 15 is 0 Å². The molecule has 0 saturated carbocycles. The number of benzene rings is 2. The monoisotopic (exact) mass is 364 g/mol. The van der Waals surface area contributed by atoms with Crippen LogP contribution in [0.1, 0.15) is 30.4 Å². The van der Waals surface area contributed by atoms with Crippen molar-refractivity contribution >= 4 is 23.4 Å². The molecule has 2 nitrogen and oxygen atoms in total. The van der Waals surface area contributed by atoms with Crippen LogP contribution in [0.15, 0.2) is 46.2 Å². The zero-order valence-electron chi connectivity index (χ0n) is 14.6. The highest BCUT2D eigenvalue weighted by Gasteiger charge is 2.15. The van der Waals surface area contributed by atoms with E-state index in [4.69, 9.17) is 21.1 Å². The van der Waals surface area contributed by atoms with Gasteiger partial charge in [-0.15, -0.1) is 11.6 Å². The Balaban J connectivity index is 2.22. The third-order valence-electron chi connectivity index (χ3n) is 3.95. The molecular weight excluding hydrogens is 340 g/mol. The Bertz CT molecular complexity index is 658. The minimum Gasteiger partial charge on any atom is -0.493 e. The zero-order chi connectivity index (χ0) is 17.4. The van der Waals surface area contributed by atoms with Gasteiger partial charge in [0, 0.05) is 10.8 Å². The number of rotatable bonds is 9. The maximum absolute atomic E-state index is 5.77. The lowest BCUT2D eigenvalue weighted by molar-refractivity contribution is 0.346. The molecule has 0 bridgehead atoms. The second-order valence-corrected chi connectivity index (χ2v) is 7.12. The fourth-order valence-corrected chi connectivity index (χ4v) is 3.96. The minimum absolute atomic E-state index is 0.747. The van der Waals surface area contributed by atoms with Gasteiger partial charge in [-0.25, -0.2) is 0 Å². The Hall–Kier alpha value is -1.32. The summed E-state index contributed by atoms with van der Waals surface area (Å²) in [5.74, 6) is 2.36. The predicted molar refractivity (Wildman–Crippen MR) is 103 cm³/mol. The van der Waals surface area contributed by atoms with E-state index in [1.165, 1.54) is 23.3 Å². The molecule has 0 amide bonds. The van der Waals surface area contributed by atoms with Crippen molar-refractivity contribution in [3.05, 3.63) is 47.5 Å². The number of aryl methyl sites for hydroxylation is 2. The van der Waals surface area contributed by atoms with E-state index in [2.05, 4.69) is 36.4 Å². The molecule has 0 aliphatic rings. The van der Waals surface area contributed by atoms with Gasteiger partial charge < -0.3 is 9.47 Å². The van der Waals surface area contributed by atoms with Crippen LogP contribution in [0.4, 0.5) is 0 Å². The summed E-state index contributed by atoms with van der Waals surface area (Å²) in [6.45, 7) is 2.03. The maximum Gasteiger partial charge on any atom is 0.174 e. The van der Waals surface area contributed by atoms with Crippen molar-refractivity contribution in [2.45, 2.75) is 42.4 Å². The highest BCUT2D eigenvalue weighted by Crippen LogP contribution is 2.43. The number of ether oxygens (including phenoxy) is 2. The van der Waals surface area contributed by atoms with Crippen molar-refractivity contribution in [1.29, 1.82) is 0 Å². The summed E-state index contributed by atoms with van der Waals surface area (Å²) < 4.78 is 11.1. The van der Waals surface area contributed by atoms with Crippen molar-refractivity contribution in [3.8, 4) is 11.5 Å². The highest BCUT2D eigenvalue weighted by atomic mass is 35.5. The number of hydrogen-bond donors (Lipinski definition) is 0. The highest BCUT2D eigenvalue weighted by molar-refractivity contribution is 7.99. The average Bonchev–Trinajstić information content (AvgIpc) is 2.61. The molecule has 0 aliphatic heterocycles. The van der Waals surface area contributed by atoms with Crippen LogP contribution in [-0.2, 0) is 6.42 Å². The van der Waals surface area contributed by atoms with Crippen molar-refractivity contribution in [3.63, 3.8) is 0 Å². The molecule has 2 rings (SSSR count). The van der Waals surface area contributed by atoms with E-state index in [1.807, 2.05) is 6.92 Å². The molecule has 0 saturated heterocycles. The van der Waals surface area contributed by atoms with Gasteiger partial charge in [0.15, 0.2) is 11.5 Å². The number of unbranched alkanes of at least 4 members (excludes halogenated alkanes) is 2. The average molecular weight is 365 g/mol. The zero-order valence-corrected chi connectivity index (χ0v) is 16.2. The van der Waals surface area contributed by atoms with Crippen molar-refractivity contribution < 1.29 is 9.47 Å². The molecular formula is C20H25ClO2S. The lowest BCUT2D eigenvalue weighted by atomic mass is 10.1. The quantitative estimate of drug-likeness (QED) is 0.394. The SMILES string of the molecule is COc1c(C)ccc(Sc2ccccc2CCCCCCl)c1OC. The van der Waals surface area contributed by atoms with Crippen LogP contribution >= 0.6 is 23.4 Å². The fraction of sp³-hybridized carbons (Fsp3) is 0.400. The molecule has 0 radical (unpaired) electrons. The van der Waals surface area contributed by atoms with E-state index in [9.17, 15) is 0 Å². The van der Waals surface area contributed by atoms with Crippen LogP contribution in [-0.4, -0.2) is 20.1 Å². The third-order valence-corrected chi connectivity index (χ3v) is 5.38. The first kappa shape index (κ1) is 19.0. The molecule has 0 fully saturated rings. The van der Waals surface area contributed by atoms with E-state index < -0.39 is 0 Å². The van der Waals surface area contributed by atoms with Crippen LogP contribution in [0.5, 0.6) is 11.5 Å². The van der Waals surface area contributed by atoms with Gasteiger partial charge in [-0.2, -0.15) is 0 Å². The molecule has 130 valence electrons. The van der Waals surface area contributed by atoms with Gasteiger partial charge in [0.1, 0.15) is 0 Å². The molecule has 2 aromatic rings. The van der Waals surface area contributed by atoms with Crippen LogP contribution < -0.4 is 9.47 Å². The first-order valence-electron chi connectivity index (χ1n) is 8.24. The number of hydrogen-bond acceptors (Lipinski definition) is 3. The molecule has 0 spiro atoms. The Morgan fingerprint density at radius 2 is 1.62 bits per heavy atom. The van der Waals surface area contributed by atoms with E-state index in [0.29, 0.717) is 0 Å². The summed E-state index contributed by atoms with van der Waals surface area (Å²) in [7, 11) is 3.38. The van der Waals surface area contributed by atoms with Gasteiger partial charge in [0.2, 0.25) is 0 Å². The second-order valence-electron chi connectivity index (χ2n) is 5.66. The first-order valence-corrected chi connectivity index (χ1v) is 9.59. The van der Waals surface area contributed by atoms with E-state index in [1.54, 1.807) is 26.0 Å². The molecule has 0 N–H and O–H groups in total. The summed E-state index contributed by atoms with van der Waals surface area (Å²) in [6.07, 6.45) is 4.49. The molecule has 24 heavy (non-hydrogen) atoms. The largest absolute Gasteiger partial charge is 0.493 e. The van der Waals surface area contributed by atoms with Crippen LogP contribution in [0.25, 0.3) is 0 Å². The van der Waals surface area contributed by atoms with Crippen LogP contribution in [0.3, 0.4) is 0 Å². The van der Waals surface area contributed by atoms with Gasteiger partial charge in [-0.1, -0.05) is 42.4 Å². The Labute approximate surface area is 154 Å². The lowest BCUT2D eigenvalue weighted by Gasteiger charge is -2.16. The molecule has 0 aromatic heterocycles. The van der Waals surface area contributed by atoms with E-state index in [-0.39, 0.29) is 0 Å². The van der Waals surface area contributed by atoms with Gasteiger partial charge in [0.25, 0.3) is 0 Å². The predicted octanol–water partition coefficient (Wildman–Crippen LogP) is 6.12. The molecule has 0 atom stereocenters. The second kappa shape index (κ2) is 9.85. The first-order chi connectivity index (χ1) is 11.7. The topological polar surface area (TPSA) is 18.5 Å². The van der Waals surface area contributed by atoms with Gasteiger partial charge in [0.05, 0.1) is 19.1 Å². The molecule has 0 heterocycles. The van der Waals surface area contributed by atoms with Gasteiger partial charge in [-0.3, -0.25) is 0 Å².